The summed E-state index contributed by atoms with van der Waals surface area (Å²) in [6.07, 6.45) is 0. The molecule has 0 unspecified atom stereocenters. The Morgan fingerprint density at radius 1 is 1.32 bits per heavy atom. The number of ether oxygens (including phenoxy) is 1. The molecule has 1 aromatic heterocycles. The van der Waals surface area contributed by atoms with Crippen LogP contribution >= 0.6 is 0 Å². The molecule has 1 heterocycles. The summed E-state index contributed by atoms with van der Waals surface area (Å²) in [5, 5.41) is 7.03. The van der Waals surface area contributed by atoms with Crippen LogP contribution in [0, 0.1) is 0 Å². The highest BCUT2D eigenvalue weighted by Gasteiger charge is 2.08. The molecule has 0 aliphatic heterocycles. The van der Waals surface area contributed by atoms with E-state index in [2.05, 4.69) is 21.5 Å². The molecule has 0 fully saturated rings. The molecule has 19 heavy (non-hydrogen) atoms. The van der Waals surface area contributed by atoms with Gasteiger partial charge >= 0.3 is 6.01 Å². The fraction of sp³-hybridized carbons (Fsp3) is 0.429. The van der Waals surface area contributed by atoms with Gasteiger partial charge in [-0.3, -0.25) is 0 Å². The van der Waals surface area contributed by atoms with Gasteiger partial charge in [-0.05, 0) is 11.1 Å². The van der Waals surface area contributed by atoms with E-state index in [1.807, 2.05) is 32.0 Å². The van der Waals surface area contributed by atoms with E-state index >= 15 is 0 Å². The lowest BCUT2D eigenvalue weighted by atomic mass is 10.1. The first-order valence-corrected chi connectivity index (χ1v) is 6.33. The van der Waals surface area contributed by atoms with Crippen LogP contribution < -0.4 is 5.32 Å². The lowest BCUT2D eigenvalue weighted by Crippen LogP contribution is -2.01. The first-order valence-electron chi connectivity index (χ1n) is 6.33. The average molecular weight is 261 g/mol. The van der Waals surface area contributed by atoms with Crippen LogP contribution in [0.2, 0.25) is 0 Å². The van der Waals surface area contributed by atoms with Crippen molar-refractivity contribution in [3.63, 3.8) is 0 Å². The van der Waals surface area contributed by atoms with Crippen LogP contribution in [0.1, 0.15) is 36.7 Å². The van der Waals surface area contributed by atoms with Gasteiger partial charge in [0.25, 0.3) is 0 Å². The van der Waals surface area contributed by atoms with Gasteiger partial charge in [0.2, 0.25) is 0 Å². The number of hydrogen-bond acceptors (Lipinski definition) is 5. The molecule has 0 aliphatic carbocycles. The van der Waals surface area contributed by atoms with Crippen molar-refractivity contribution < 1.29 is 9.26 Å². The molecule has 0 saturated carbocycles. The molecule has 0 aliphatic rings. The number of rotatable bonds is 6. The number of nitrogens with one attached hydrogen (secondary N) is 1. The maximum atomic E-state index is 5.13. The van der Waals surface area contributed by atoms with Crippen LogP contribution in [0.5, 0.6) is 0 Å². The molecule has 1 aromatic carbocycles. The Kier molecular flexibility index (Phi) is 4.52. The van der Waals surface area contributed by atoms with Crippen LogP contribution in [0.3, 0.4) is 0 Å². The third-order valence-corrected chi connectivity index (χ3v) is 2.70. The minimum atomic E-state index is 0.268. The van der Waals surface area contributed by atoms with Crippen molar-refractivity contribution in [3.05, 3.63) is 41.2 Å². The number of anilines is 1. The van der Waals surface area contributed by atoms with E-state index in [0.717, 1.165) is 17.0 Å². The summed E-state index contributed by atoms with van der Waals surface area (Å²) < 4.78 is 10.2. The van der Waals surface area contributed by atoms with Crippen molar-refractivity contribution in [1.82, 2.24) is 10.1 Å². The zero-order valence-electron chi connectivity index (χ0n) is 11.5. The zero-order chi connectivity index (χ0) is 13.7. The van der Waals surface area contributed by atoms with Crippen molar-refractivity contribution >= 4 is 6.01 Å². The number of benzene rings is 1. The van der Waals surface area contributed by atoms with E-state index in [1.54, 1.807) is 7.11 Å². The Bertz CT molecular complexity index is 523. The normalized spacial score (nSPS) is 10.9. The predicted octanol–water partition coefficient (Wildman–Crippen LogP) is 2.95. The second-order valence-electron chi connectivity index (χ2n) is 4.72. The van der Waals surface area contributed by atoms with Gasteiger partial charge in [0.05, 0.1) is 6.61 Å². The van der Waals surface area contributed by atoms with Gasteiger partial charge in [-0.2, -0.15) is 4.98 Å². The molecule has 5 nitrogen and oxygen atoms in total. The molecule has 0 bridgehead atoms. The largest absolute Gasteiger partial charge is 0.380 e. The minimum Gasteiger partial charge on any atom is -0.380 e. The van der Waals surface area contributed by atoms with Gasteiger partial charge in [0.15, 0.2) is 5.82 Å². The Morgan fingerprint density at radius 3 is 2.79 bits per heavy atom. The number of nitrogens with zero attached hydrogens (tertiary/aromatic N) is 2. The lowest BCUT2D eigenvalue weighted by Gasteiger charge is -2.04. The maximum Gasteiger partial charge on any atom is 0.321 e. The van der Waals surface area contributed by atoms with Crippen LogP contribution in [-0.4, -0.2) is 17.3 Å². The third-order valence-electron chi connectivity index (χ3n) is 2.70. The molecular weight excluding hydrogens is 242 g/mol. The summed E-state index contributed by atoms with van der Waals surface area (Å²) in [5.41, 5.74) is 2.30. The molecular formula is C14H19N3O2. The van der Waals surface area contributed by atoms with Crippen molar-refractivity contribution in [2.24, 2.45) is 0 Å². The van der Waals surface area contributed by atoms with Crippen molar-refractivity contribution in [3.8, 4) is 0 Å². The van der Waals surface area contributed by atoms with Gasteiger partial charge in [-0.15, -0.1) is 0 Å². The summed E-state index contributed by atoms with van der Waals surface area (Å²) in [5.74, 6) is 0.986. The van der Waals surface area contributed by atoms with Crippen LogP contribution in [0.25, 0.3) is 0 Å². The Balaban J connectivity index is 1.95. The quantitative estimate of drug-likeness (QED) is 0.866. The van der Waals surface area contributed by atoms with Crippen LogP contribution in [0.15, 0.2) is 28.8 Å². The summed E-state index contributed by atoms with van der Waals surface area (Å²) >= 11 is 0. The smallest absolute Gasteiger partial charge is 0.321 e. The summed E-state index contributed by atoms with van der Waals surface area (Å²) in [6, 6.07) is 8.65. The molecule has 102 valence electrons. The molecule has 0 spiro atoms. The lowest BCUT2D eigenvalue weighted by molar-refractivity contribution is 0.185. The van der Waals surface area contributed by atoms with E-state index in [0.29, 0.717) is 19.2 Å². The van der Waals surface area contributed by atoms with E-state index in [4.69, 9.17) is 9.26 Å². The Hall–Kier alpha value is -1.88. The fourth-order valence-electron chi connectivity index (χ4n) is 1.71. The van der Waals surface area contributed by atoms with E-state index in [1.165, 1.54) is 0 Å². The summed E-state index contributed by atoms with van der Waals surface area (Å²) in [6.45, 7) is 5.33. The SMILES string of the molecule is COCc1cccc(CNc2nc(C(C)C)no2)c1. The minimum absolute atomic E-state index is 0.268. The van der Waals surface area contributed by atoms with E-state index in [9.17, 15) is 0 Å². The maximum absolute atomic E-state index is 5.13. The first-order chi connectivity index (χ1) is 9.19. The van der Waals surface area contributed by atoms with Crippen molar-refractivity contribution in [1.29, 1.82) is 0 Å². The molecule has 2 aromatic rings. The van der Waals surface area contributed by atoms with E-state index in [-0.39, 0.29) is 5.92 Å². The first kappa shape index (κ1) is 13.5. The molecule has 0 saturated heterocycles. The highest BCUT2D eigenvalue weighted by molar-refractivity contribution is 5.27. The molecule has 0 atom stereocenters. The predicted molar refractivity (Wildman–Crippen MR) is 72.9 cm³/mol. The van der Waals surface area contributed by atoms with Crippen molar-refractivity contribution in [2.45, 2.75) is 32.9 Å². The van der Waals surface area contributed by atoms with Gasteiger partial charge in [-0.1, -0.05) is 43.3 Å². The molecule has 2 rings (SSSR count). The second-order valence-corrected chi connectivity index (χ2v) is 4.72. The standard InChI is InChI=1S/C14H19N3O2/c1-10(2)13-16-14(19-17-13)15-8-11-5-4-6-12(7-11)9-18-3/h4-7,10H,8-9H2,1-3H3,(H,15,16,17). The second kappa shape index (κ2) is 6.33. The molecule has 0 radical (unpaired) electrons. The van der Waals surface area contributed by atoms with Gasteiger partial charge in [-0.25, -0.2) is 0 Å². The number of hydrogen-bond donors (Lipinski definition) is 1. The van der Waals surface area contributed by atoms with Crippen LogP contribution in [-0.2, 0) is 17.9 Å². The Morgan fingerprint density at radius 2 is 2.11 bits per heavy atom. The van der Waals surface area contributed by atoms with E-state index < -0.39 is 0 Å². The van der Waals surface area contributed by atoms with Gasteiger partial charge in [0.1, 0.15) is 0 Å². The van der Waals surface area contributed by atoms with Gasteiger partial charge in [0, 0.05) is 19.6 Å². The van der Waals surface area contributed by atoms with Gasteiger partial charge < -0.3 is 14.6 Å². The average Bonchev–Trinajstić information content (AvgIpc) is 2.86. The monoisotopic (exact) mass is 261 g/mol. The molecule has 1 N–H and O–H groups in total. The molecule has 0 amide bonds. The fourth-order valence-corrected chi connectivity index (χ4v) is 1.71. The number of methoxy groups -OCH3 is 1. The van der Waals surface area contributed by atoms with Crippen LogP contribution in [0.4, 0.5) is 6.01 Å². The van der Waals surface area contributed by atoms with Crippen molar-refractivity contribution in [2.75, 3.05) is 12.4 Å². The topological polar surface area (TPSA) is 60.2 Å². The highest BCUT2D eigenvalue weighted by Crippen LogP contribution is 2.14. The summed E-state index contributed by atoms with van der Waals surface area (Å²) in [7, 11) is 1.69. The molecule has 5 heteroatoms. The highest BCUT2D eigenvalue weighted by atomic mass is 16.5. The third kappa shape index (κ3) is 3.79. The summed E-state index contributed by atoms with van der Waals surface area (Å²) in [4.78, 5) is 4.27. The zero-order valence-corrected chi connectivity index (χ0v) is 11.5. The number of aromatic nitrogens is 2. The Labute approximate surface area is 113 Å².